The van der Waals surface area contributed by atoms with E-state index in [1.54, 1.807) is 0 Å². The Kier molecular flexibility index (Phi) is 4.95. The van der Waals surface area contributed by atoms with Crippen LogP contribution in [0.2, 0.25) is 5.02 Å². The topological polar surface area (TPSA) is 37.4 Å². The fourth-order valence-electron chi connectivity index (χ4n) is 2.41. The highest BCUT2D eigenvalue weighted by molar-refractivity contribution is 7.89. The normalized spacial score (nSPS) is 21.1. The first-order valence-corrected chi connectivity index (χ1v) is 8.75. The second kappa shape index (κ2) is 6.18. The van der Waals surface area contributed by atoms with Gasteiger partial charge in [0.25, 0.3) is 0 Å². The molecule has 1 saturated heterocycles. The molecule has 0 bridgehead atoms. The molecule has 0 radical (unpaired) electrons. The van der Waals surface area contributed by atoms with Gasteiger partial charge >= 0.3 is 0 Å². The van der Waals surface area contributed by atoms with E-state index in [2.05, 4.69) is 0 Å². The van der Waals surface area contributed by atoms with Crippen molar-refractivity contribution in [2.75, 3.05) is 13.1 Å². The maximum Gasteiger partial charge on any atom is 0.246 e. The van der Waals surface area contributed by atoms with Gasteiger partial charge in [0.15, 0.2) is 0 Å². The van der Waals surface area contributed by atoms with Crippen LogP contribution in [0.5, 0.6) is 0 Å². The third-order valence-corrected chi connectivity index (χ3v) is 5.83. The molecule has 1 fully saturated rings. The number of hydrogen-bond donors (Lipinski definition) is 0. The van der Waals surface area contributed by atoms with Crippen LogP contribution >= 0.6 is 23.2 Å². The molecule has 3 nitrogen and oxygen atoms in total. The van der Waals surface area contributed by atoms with E-state index in [0.717, 1.165) is 18.9 Å². The lowest BCUT2D eigenvalue weighted by molar-refractivity contribution is 0.280. The van der Waals surface area contributed by atoms with Crippen LogP contribution in [0, 0.1) is 11.7 Å². The van der Waals surface area contributed by atoms with Crippen LogP contribution in [0.25, 0.3) is 0 Å². The predicted molar refractivity (Wildman–Crippen MR) is 78.1 cm³/mol. The Morgan fingerprint density at radius 3 is 2.75 bits per heavy atom. The smallest absolute Gasteiger partial charge is 0.207 e. The first-order chi connectivity index (χ1) is 9.36. The second-order valence-electron chi connectivity index (χ2n) is 5.12. The molecule has 1 atom stereocenters. The van der Waals surface area contributed by atoms with Crippen molar-refractivity contribution in [2.24, 2.45) is 5.92 Å². The number of piperidine rings is 1. The summed E-state index contributed by atoms with van der Waals surface area (Å²) in [6.07, 6.45) is 1.77. The molecule has 20 heavy (non-hydrogen) atoms. The zero-order valence-corrected chi connectivity index (χ0v) is 13.4. The zero-order chi connectivity index (χ0) is 14.9. The van der Waals surface area contributed by atoms with Gasteiger partial charge in [0.2, 0.25) is 10.0 Å². The van der Waals surface area contributed by atoms with E-state index in [1.165, 1.54) is 10.4 Å². The maximum absolute atomic E-state index is 14.3. The Balaban J connectivity index is 2.46. The van der Waals surface area contributed by atoms with Crippen molar-refractivity contribution in [1.82, 2.24) is 4.31 Å². The zero-order valence-electron chi connectivity index (χ0n) is 11.1. The highest BCUT2D eigenvalue weighted by Gasteiger charge is 2.31. The summed E-state index contributed by atoms with van der Waals surface area (Å²) in [5.74, 6) is -0.651. The number of alkyl halides is 1. The van der Waals surface area contributed by atoms with Crippen LogP contribution in [-0.4, -0.2) is 25.8 Å². The number of hydrogen-bond acceptors (Lipinski definition) is 2. The molecule has 1 unspecified atom stereocenters. The Bertz CT molecular complexity index is 607. The summed E-state index contributed by atoms with van der Waals surface area (Å²) >= 11 is 11.5. The fourth-order valence-corrected chi connectivity index (χ4v) is 4.64. The van der Waals surface area contributed by atoms with E-state index in [9.17, 15) is 12.8 Å². The monoisotopic (exact) mass is 339 g/mol. The minimum absolute atomic E-state index is 0.0998. The van der Waals surface area contributed by atoms with Gasteiger partial charge in [-0.3, -0.25) is 0 Å². The summed E-state index contributed by atoms with van der Waals surface area (Å²) < 4.78 is 40.7. The van der Waals surface area contributed by atoms with Gasteiger partial charge in [-0.05, 0) is 30.9 Å². The lowest BCUT2D eigenvalue weighted by Crippen LogP contribution is -2.39. The van der Waals surface area contributed by atoms with Gasteiger partial charge in [0.05, 0.1) is 5.88 Å². The Hall–Kier alpha value is -0.360. The van der Waals surface area contributed by atoms with Crippen molar-refractivity contribution < 1.29 is 12.8 Å². The third-order valence-electron chi connectivity index (χ3n) is 3.46. The molecule has 0 N–H and O–H groups in total. The van der Waals surface area contributed by atoms with Crippen LogP contribution in [0.3, 0.4) is 0 Å². The molecular formula is C13H16Cl2FNO2S. The van der Waals surface area contributed by atoms with E-state index < -0.39 is 15.8 Å². The molecule has 0 saturated carbocycles. The summed E-state index contributed by atoms with van der Waals surface area (Å²) in [7, 11) is -3.87. The summed E-state index contributed by atoms with van der Waals surface area (Å²) in [6, 6.07) is 2.50. The average Bonchev–Trinajstić information content (AvgIpc) is 2.40. The standard InChI is InChI=1S/C13H16Cl2FNO2S/c1-9-3-2-4-17(8-9)20(18,19)12-6-11(15)5-10(7-14)13(12)16/h5-6,9H,2-4,7-8H2,1H3. The molecule has 7 heteroatoms. The molecule has 0 amide bonds. The van der Waals surface area contributed by atoms with Crippen molar-refractivity contribution in [3.8, 4) is 0 Å². The number of benzene rings is 1. The first-order valence-electron chi connectivity index (χ1n) is 6.40. The summed E-state index contributed by atoms with van der Waals surface area (Å²) in [6.45, 7) is 2.81. The summed E-state index contributed by atoms with van der Waals surface area (Å²) in [5.41, 5.74) is 0.0998. The van der Waals surface area contributed by atoms with Gasteiger partial charge in [-0.1, -0.05) is 18.5 Å². The van der Waals surface area contributed by atoms with Crippen LogP contribution in [-0.2, 0) is 15.9 Å². The highest BCUT2D eigenvalue weighted by atomic mass is 35.5. The second-order valence-corrected chi connectivity index (χ2v) is 7.73. The van der Waals surface area contributed by atoms with Crippen LogP contribution in [0.4, 0.5) is 4.39 Å². The number of halogens is 3. The van der Waals surface area contributed by atoms with Crippen LogP contribution in [0.15, 0.2) is 17.0 Å². The number of sulfonamides is 1. The molecule has 0 aliphatic carbocycles. The van der Waals surface area contributed by atoms with Gasteiger partial charge in [-0.25, -0.2) is 12.8 Å². The largest absolute Gasteiger partial charge is 0.246 e. The Morgan fingerprint density at radius 1 is 1.45 bits per heavy atom. The Morgan fingerprint density at radius 2 is 2.15 bits per heavy atom. The number of nitrogens with zero attached hydrogens (tertiary/aromatic N) is 1. The van der Waals surface area contributed by atoms with E-state index >= 15 is 0 Å². The minimum atomic E-state index is -3.87. The summed E-state index contributed by atoms with van der Waals surface area (Å²) in [5, 5.41) is 0.172. The van der Waals surface area contributed by atoms with E-state index in [0.29, 0.717) is 13.1 Å². The molecule has 1 aromatic carbocycles. The Labute approximate surface area is 128 Å². The molecule has 2 rings (SSSR count). The van der Waals surface area contributed by atoms with E-state index in [-0.39, 0.29) is 27.3 Å². The molecule has 112 valence electrons. The lowest BCUT2D eigenvalue weighted by Gasteiger charge is -2.30. The highest BCUT2D eigenvalue weighted by Crippen LogP contribution is 2.29. The van der Waals surface area contributed by atoms with Crippen molar-refractivity contribution >= 4 is 33.2 Å². The molecule has 1 heterocycles. The SMILES string of the molecule is CC1CCCN(S(=O)(=O)c2cc(Cl)cc(CCl)c2F)C1. The molecule has 0 aromatic heterocycles. The summed E-state index contributed by atoms with van der Waals surface area (Å²) in [4.78, 5) is -0.380. The molecule has 1 aliphatic heterocycles. The van der Waals surface area contributed by atoms with E-state index in [1.807, 2.05) is 6.92 Å². The van der Waals surface area contributed by atoms with Crippen molar-refractivity contribution in [3.05, 3.63) is 28.5 Å². The van der Waals surface area contributed by atoms with Crippen molar-refractivity contribution in [3.63, 3.8) is 0 Å². The van der Waals surface area contributed by atoms with Crippen molar-refractivity contribution in [1.29, 1.82) is 0 Å². The van der Waals surface area contributed by atoms with Crippen LogP contribution in [0.1, 0.15) is 25.3 Å². The average molecular weight is 340 g/mol. The predicted octanol–water partition coefficient (Wildman–Crippen LogP) is 3.64. The fraction of sp³-hybridized carbons (Fsp3) is 0.538. The van der Waals surface area contributed by atoms with Gasteiger partial charge in [0.1, 0.15) is 10.7 Å². The molecule has 1 aromatic rings. The van der Waals surface area contributed by atoms with Crippen LogP contribution < -0.4 is 0 Å². The third kappa shape index (κ3) is 3.11. The molecule has 1 aliphatic rings. The van der Waals surface area contributed by atoms with Gasteiger partial charge in [-0.2, -0.15) is 4.31 Å². The van der Waals surface area contributed by atoms with Gasteiger partial charge < -0.3 is 0 Å². The molecule has 0 spiro atoms. The van der Waals surface area contributed by atoms with Crippen molar-refractivity contribution in [2.45, 2.75) is 30.5 Å². The molecular weight excluding hydrogens is 324 g/mol. The maximum atomic E-state index is 14.3. The van der Waals surface area contributed by atoms with E-state index in [4.69, 9.17) is 23.2 Å². The van der Waals surface area contributed by atoms with Gasteiger partial charge in [0, 0.05) is 23.7 Å². The first kappa shape index (κ1) is 16.0. The quantitative estimate of drug-likeness (QED) is 0.788. The number of rotatable bonds is 3. The van der Waals surface area contributed by atoms with Gasteiger partial charge in [-0.15, -0.1) is 11.6 Å². The minimum Gasteiger partial charge on any atom is -0.207 e. The lowest BCUT2D eigenvalue weighted by atomic mass is 10.0.